The molecule has 0 unspecified atom stereocenters. The van der Waals surface area contributed by atoms with E-state index in [0.717, 1.165) is 45.1 Å². The molecule has 1 saturated carbocycles. The van der Waals surface area contributed by atoms with E-state index in [1.54, 1.807) is 0 Å². The van der Waals surface area contributed by atoms with E-state index in [1.807, 2.05) is 13.8 Å². The normalized spacial score (nSPS) is 27.0. The maximum absolute atomic E-state index is 10.1. The molecule has 96 valence electrons. The fourth-order valence-corrected chi connectivity index (χ4v) is 2.36. The van der Waals surface area contributed by atoms with Gasteiger partial charge in [-0.15, -0.1) is 0 Å². The van der Waals surface area contributed by atoms with Crippen LogP contribution in [0, 0.1) is 5.92 Å². The van der Waals surface area contributed by atoms with Crippen molar-refractivity contribution < 1.29 is 10.2 Å². The Kier molecular flexibility index (Phi) is 5.73. The fraction of sp³-hybridized carbons (Fsp3) is 1.00. The minimum Gasteiger partial charge on any atom is -0.393 e. The average Bonchev–Trinajstić information content (AvgIpc) is 2.31. The molecule has 1 fully saturated rings. The molecule has 0 heterocycles. The van der Waals surface area contributed by atoms with Crippen LogP contribution < -0.4 is 5.32 Å². The first-order chi connectivity index (χ1) is 7.59. The van der Waals surface area contributed by atoms with Crippen molar-refractivity contribution in [2.75, 3.05) is 13.1 Å². The van der Waals surface area contributed by atoms with Gasteiger partial charge in [0.1, 0.15) is 0 Å². The number of aliphatic hydroxyl groups is 2. The van der Waals surface area contributed by atoms with Gasteiger partial charge in [-0.25, -0.2) is 0 Å². The van der Waals surface area contributed by atoms with Crippen LogP contribution in [0.25, 0.3) is 0 Å². The molecule has 0 aromatic heterocycles. The van der Waals surface area contributed by atoms with Gasteiger partial charge in [-0.05, 0) is 51.0 Å². The zero-order chi connectivity index (χ0) is 12.0. The van der Waals surface area contributed by atoms with Gasteiger partial charge in [-0.1, -0.05) is 13.8 Å². The summed E-state index contributed by atoms with van der Waals surface area (Å²) in [5.41, 5.74) is -0.534. The summed E-state index contributed by atoms with van der Waals surface area (Å²) >= 11 is 0. The van der Waals surface area contributed by atoms with Crippen molar-refractivity contribution >= 4 is 0 Å². The lowest BCUT2D eigenvalue weighted by atomic mass is 9.87. The van der Waals surface area contributed by atoms with Gasteiger partial charge in [0.05, 0.1) is 11.7 Å². The Labute approximate surface area is 99.3 Å². The molecule has 3 heteroatoms. The first-order valence-corrected chi connectivity index (χ1v) is 6.71. The Morgan fingerprint density at radius 1 is 1.12 bits per heavy atom. The van der Waals surface area contributed by atoms with Crippen LogP contribution in [0.5, 0.6) is 0 Å². The second-order valence-electron chi connectivity index (χ2n) is 5.24. The van der Waals surface area contributed by atoms with Crippen LogP contribution in [0.4, 0.5) is 0 Å². The lowest BCUT2D eigenvalue weighted by molar-refractivity contribution is 0.0303. The van der Waals surface area contributed by atoms with E-state index in [2.05, 4.69) is 5.32 Å². The number of aliphatic hydroxyl groups excluding tert-OH is 1. The molecule has 0 aromatic carbocycles. The maximum atomic E-state index is 10.1. The second kappa shape index (κ2) is 6.58. The predicted octanol–water partition coefficient (Wildman–Crippen LogP) is 1.68. The van der Waals surface area contributed by atoms with Crippen LogP contribution in [0.3, 0.4) is 0 Å². The summed E-state index contributed by atoms with van der Waals surface area (Å²) in [5.74, 6) is 0.682. The van der Waals surface area contributed by atoms with Gasteiger partial charge in [0.15, 0.2) is 0 Å². The van der Waals surface area contributed by atoms with E-state index in [0.29, 0.717) is 12.5 Å². The van der Waals surface area contributed by atoms with Gasteiger partial charge < -0.3 is 15.5 Å². The number of hydrogen-bond donors (Lipinski definition) is 3. The molecule has 3 N–H and O–H groups in total. The highest BCUT2D eigenvalue weighted by molar-refractivity contribution is 4.79. The minimum atomic E-state index is -0.534. The molecular formula is C13H27NO2. The highest BCUT2D eigenvalue weighted by Gasteiger charge is 2.23. The molecule has 0 saturated heterocycles. The number of rotatable bonds is 6. The van der Waals surface area contributed by atoms with Gasteiger partial charge in [0, 0.05) is 6.54 Å². The van der Waals surface area contributed by atoms with Crippen molar-refractivity contribution in [3.63, 3.8) is 0 Å². The van der Waals surface area contributed by atoms with Crippen LogP contribution in [-0.2, 0) is 0 Å². The monoisotopic (exact) mass is 229 g/mol. The summed E-state index contributed by atoms with van der Waals surface area (Å²) < 4.78 is 0. The van der Waals surface area contributed by atoms with Crippen LogP contribution in [0.15, 0.2) is 0 Å². The van der Waals surface area contributed by atoms with Gasteiger partial charge in [-0.3, -0.25) is 0 Å². The topological polar surface area (TPSA) is 52.5 Å². The smallest absolute Gasteiger partial charge is 0.0766 e. The summed E-state index contributed by atoms with van der Waals surface area (Å²) in [4.78, 5) is 0. The van der Waals surface area contributed by atoms with E-state index in [-0.39, 0.29) is 6.10 Å². The highest BCUT2D eigenvalue weighted by atomic mass is 16.3. The Hall–Kier alpha value is -0.120. The standard InChI is InChI=1S/C13H27NO2/c1-3-13(16,4-2)10-14-9-11-5-7-12(15)8-6-11/h11-12,14-16H,3-10H2,1-2H3. The van der Waals surface area contributed by atoms with Crippen molar-refractivity contribution in [2.45, 2.75) is 64.1 Å². The van der Waals surface area contributed by atoms with Gasteiger partial charge >= 0.3 is 0 Å². The van der Waals surface area contributed by atoms with Crippen molar-refractivity contribution in [1.82, 2.24) is 5.32 Å². The lowest BCUT2D eigenvalue weighted by Gasteiger charge is -2.29. The lowest BCUT2D eigenvalue weighted by Crippen LogP contribution is -2.41. The SMILES string of the molecule is CCC(O)(CC)CNCC1CCC(O)CC1. The fourth-order valence-electron chi connectivity index (χ4n) is 2.36. The summed E-state index contributed by atoms with van der Waals surface area (Å²) in [7, 11) is 0. The minimum absolute atomic E-state index is 0.0699. The molecule has 0 radical (unpaired) electrons. The average molecular weight is 229 g/mol. The summed E-state index contributed by atoms with van der Waals surface area (Å²) in [5, 5.41) is 22.9. The quantitative estimate of drug-likeness (QED) is 0.649. The molecule has 3 nitrogen and oxygen atoms in total. The third kappa shape index (κ3) is 4.40. The van der Waals surface area contributed by atoms with E-state index in [1.165, 1.54) is 0 Å². The molecule has 1 aliphatic rings. The Bertz CT molecular complexity index is 184. The Balaban J connectivity index is 2.15. The van der Waals surface area contributed by atoms with Crippen LogP contribution >= 0.6 is 0 Å². The van der Waals surface area contributed by atoms with Gasteiger partial charge in [0.2, 0.25) is 0 Å². The molecule has 1 rings (SSSR count). The molecule has 0 spiro atoms. The molecule has 16 heavy (non-hydrogen) atoms. The predicted molar refractivity (Wildman–Crippen MR) is 66.4 cm³/mol. The van der Waals surface area contributed by atoms with Crippen molar-refractivity contribution in [1.29, 1.82) is 0 Å². The van der Waals surface area contributed by atoms with E-state index in [9.17, 15) is 10.2 Å². The number of hydrogen-bond acceptors (Lipinski definition) is 3. The van der Waals surface area contributed by atoms with Crippen LogP contribution in [-0.4, -0.2) is 35.0 Å². The van der Waals surface area contributed by atoms with E-state index in [4.69, 9.17) is 0 Å². The molecule has 0 bridgehead atoms. The summed E-state index contributed by atoms with van der Waals surface area (Å²) in [6.07, 6.45) is 5.66. The largest absolute Gasteiger partial charge is 0.393 e. The van der Waals surface area contributed by atoms with E-state index >= 15 is 0 Å². The molecule has 1 aliphatic carbocycles. The second-order valence-corrected chi connectivity index (χ2v) is 5.24. The molecular weight excluding hydrogens is 202 g/mol. The zero-order valence-corrected chi connectivity index (χ0v) is 10.7. The van der Waals surface area contributed by atoms with Crippen molar-refractivity contribution in [3.8, 4) is 0 Å². The molecule has 0 aliphatic heterocycles. The van der Waals surface area contributed by atoms with Crippen molar-refractivity contribution in [2.24, 2.45) is 5.92 Å². The third-order valence-electron chi connectivity index (χ3n) is 4.02. The molecule has 0 amide bonds. The van der Waals surface area contributed by atoms with E-state index < -0.39 is 5.60 Å². The highest BCUT2D eigenvalue weighted by Crippen LogP contribution is 2.23. The zero-order valence-electron chi connectivity index (χ0n) is 10.7. The molecule has 0 atom stereocenters. The first-order valence-electron chi connectivity index (χ1n) is 6.71. The maximum Gasteiger partial charge on any atom is 0.0766 e. The summed E-state index contributed by atoms with van der Waals surface area (Å²) in [6, 6.07) is 0. The third-order valence-corrected chi connectivity index (χ3v) is 4.02. The first kappa shape index (κ1) is 13.9. The van der Waals surface area contributed by atoms with Crippen molar-refractivity contribution in [3.05, 3.63) is 0 Å². The van der Waals surface area contributed by atoms with Gasteiger partial charge in [-0.2, -0.15) is 0 Å². The Morgan fingerprint density at radius 3 is 2.19 bits per heavy atom. The summed E-state index contributed by atoms with van der Waals surface area (Å²) in [6.45, 7) is 5.73. The van der Waals surface area contributed by atoms with Gasteiger partial charge in [0.25, 0.3) is 0 Å². The van der Waals surface area contributed by atoms with Crippen LogP contribution in [0.1, 0.15) is 52.4 Å². The van der Waals surface area contributed by atoms with Crippen LogP contribution in [0.2, 0.25) is 0 Å². The molecule has 0 aromatic rings. The number of nitrogens with one attached hydrogen (secondary N) is 1. The Morgan fingerprint density at radius 2 is 1.69 bits per heavy atom.